The fraction of sp³-hybridized carbons (Fsp3) is 0.0476. The van der Waals surface area contributed by atoms with Gasteiger partial charge in [0.05, 0.1) is 22.1 Å². The quantitative estimate of drug-likeness (QED) is 0.426. The molecule has 1 aliphatic rings. The van der Waals surface area contributed by atoms with Gasteiger partial charge in [-0.25, -0.2) is 4.98 Å². The van der Waals surface area contributed by atoms with Gasteiger partial charge in [0.2, 0.25) is 5.91 Å². The molecular formula is C21H12N4O3. The molecule has 0 spiro atoms. The van der Waals surface area contributed by atoms with Crippen LogP contribution in [0.25, 0.3) is 38.5 Å². The largest absolute Gasteiger partial charge is 0.287 e. The number of carbonyl (C=O) groups excluding carboxylic acids is 3. The van der Waals surface area contributed by atoms with Gasteiger partial charge in [0, 0.05) is 17.7 Å². The van der Waals surface area contributed by atoms with Crippen LogP contribution < -0.4 is 5.32 Å². The summed E-state index contributed by atoms with van der Waals surface area (Å²) in [6.45, 7) is 1.48. The zero-order chi connectivity index (χ0) is 19.2. The molecule has 6 rings (SSSR count). The first kappa shape index (κ1) is 15.1. The Hall–Kier alpha value is -4.00. The Labute approximate surface area is 157 Å². The molecule has 0 aliphatic carbocycles. The summed E-state index contributed by atoms with van der Waals surface area (Å²) in [5, 5.41) is 3.72. The van der Waals surface area contributed by atoms with Crippen LogP contribution in [0.3, 0.4) is 0 Å². The van der Waals surface area contributed by atoms with Crippen LogP contribution in [0, 0.1) is 0 Å². The lowest BCUT2D eigenvalue weighted by Gasteiger charge is -2.07. The lowest BCUT2D eigenvalue weighted by atomic mass is 10.1. The number of fused-ring (bicyclic) bond motifs is 10. The zero-order valence-electron chi connectivity index (χ0n) is 14.7. The van der Waals surface area contributed by atoms with Crippen molar-refractivity contribution < 1.29 is 14.4 Å². The monoisotopic (exact) mass is 368 g/mol. The molecule has 2 aromatic carbocycles. The summed E-state index contributed by atoms with van der Waals surface area (Å²) in [5.74, 6) is -1.12. The minimum absolute atomic E-state index is 0.190. The Morgan fingerprint density at radius 1 is 0.964 bits per heavy atom. The SMILES string of the molecule is CC(=O)n1c2ccccc2c2c3c(n4c5ccccc5nc4c21)C(=O)NC3=O. The van der Waals surface area contributed by atoms with E-state index in [4.69, 9.17) is 4.98 Å². The maximum atomic E-state index is 12.8. The van der Waals surface area contributed by atoms with Crippen molar-refractivity contribution in [2.45, 2.75) is 6.92 Å². The maximum Gasteiger partial charge on any atom is 0.276 e. The van der Waals surface area contributed by atoms with E-state index in [0.717, 1.165) is 5.39 Å². The first-order valence-corrected chi connectivity index (χ1v) is 8.81. The van der Waals surface area contributed by atoms with Crippen molar-refractivity contribution in [2.75, 3.05) is 0 Å². The Bertz CT molecular complexity index is 1550. The Kier molecular flexibility index (Phi) is 2.60. The number of hydrogen-bond donors (Lipinski definition) is 1. The minimum atomic E-state index is -0.463. The van der Waals surface area contributed by atoms with E-state index in [-0.39, 0.29) is 17.2 Å². The highest BCUT2D eigenvalue weighted by Gasteiger charge is 2.36. The molecule has 1 N–H and O–H groups in total. The Morgan fingerprint density at radius 2 is 1.68 bits per heavy atom. The molecule has 0 atom stereocenters. The number of nitrogens with one attached hydrogen (secondary N) is 1. The molecule has 0 bridgehead atoms. The predicted octanol–water partition coefficient (Wildman–Crippen LogP) is 3.14. The Morgan fingerprint density at radius 3 is 2.46 bits per heavy atom. The molecule has 0 saturated carbocycles. The molecule has 4 heterocycles. The van der Waals surface area contributed by atoms with Crippen molar-refractivity contribution in [3.63, 3.8) is 0 Å². The second kappa shape index (κ2) is 4.83. The molecule has 1 aliphatic heterocycles. The molecule has 7 heteroatoms. The third-order valence-electron chi connectivity index (χ3n) is 5.34. The molecule has 0 radical (unpaired) electrons. The van der Waals surface area contributed by atoms with E-state index in [9.17, 15) is 14.4 Å². The normalized spacial score (nSPS) is 13.8. The summed E-state index contributed by atoms with van der Waals surface area (Å²) < 4.78 is 3.26. The number of carbonyl (C=O) groups is 3. The molecular weight excluding hydrogens is 356 g/mol. The summed E-state index contributed by atoms with van der Waals surface area (Å²) >= 11 is 0. The van der Waals surface area contributed by atoms with Crippen molar-refractivity contribution in [2.24, 2.45) is 0 Å². The lowest BCUT2D eigenvalue weighted by molar-refractivity contribution is 0.0876. The molecule has 2 amide bonds. The van der Waals surface area contributed by atoms with Crippen LogP contribution in [-0.2, 0) is 0 Å². The van der Waals surface area contributed by atoms with Gasteiger partial charge in [-0.05, 0) is 18.2 Å². The zero-order valence-corrected chi connectivity index (χ0v) is 14.7. The van der Waals surface area contributed by atoms with Crippen molar-refractivity contribution >= 4 is 56.2 Å². The topological polar surface area (TPSA) is 85.5 Å². The van der Waals surface area contributed by atoms with Gasteiger partial charge in [-0.3, -0.25) is 28.7 Å². The van der Waals surface area contributed by atoms with Gasteiger partial charge >= 0.3 is 0 Å². The van der Waals surface area contributed by atoms with E-state index in [2.05, 4.69) is 5.32 Å². The van der Waals surface area contributed by atoms with Crippen LogP contribution in [0.2, 0.25) is 0 Å². The van der Waals surface area contributed by atoms with Crippen molar-refractivity contribution in [1.82, 2.24) is 19.3 Å². The van der Waals surface area contributed by atoms with Crippen LogP contribution >= 0.6 is 0 Å². The van der Waals surface area contributed by atoms with Crippen LogP contribution in [0.5, 0.6) is 0 Å². The first-order valence-electron chi connectivity index (χ1n) is 8.81. The molecule has 28 heavy (non-hydrogen) atoms. The third-order valence-corrected chi connectivity index (χ3v) is 5.34. The smallest absolute Gasteiger partial charge is 0.276 e. The van der Waals surface area contributed by atoms with Crippen molar-refractivity contribution in [3.8, 4) is 0 Å². The van der Waals surface area contributed by atoms with Gasteiger partial charge in [-0.15, -0.1) is 0 Å². The van der Waals surface area contributed by atoms with Gasteiger partial charge in [0.15, 0.2) is 5.65 Å². The maximum absolute atomic E-state index is 12.8. The van der Waals surface area contributed by atoms with Crippen LogP contribution in [0.15, 0.2) is 48.5 Å². The average molecular weight is 368 g/mol. The number of pyridine rings is 1. The van der Waals surface area contributed by atoms with E-state index in [1.807, 2.05) is 48.5 Å². The van der Waals surface area contributed by atoms with Crippen molar-refractivity contribution in [1.29, 1.82) is 0 Å². The number of rotatable bonds is 0. The fourth-order valence-corrected chi connectivity index (χ4v) is 4.33. The van der Waals surface area contributed by atoms with Crippen molar-refractivity contribution in [3.05, 3.63) is 59.8 Å². The second-order valence-electron chi connectivity index (χ2n) is 6.86. The summed E-state index contributed by atoms with van der Waals surface area (Å²) in [6, 6.07) is 14.8. The van der Waals surface area contributed by atoms with Gasteiger partial charge in [-0.1, -0.05) is 30.3 Å². The predicted molar refractivity (Wildman–Crippen MR) is 104 cm³/mol. The fourth-order valence-electron chi connectivity index (χ4n) is 4.33. The standard InChI is InChI=1S/C21H12N4O3/c1-10(26)24-13-8-4-2-6-11(13)15-16-18(21(28)23-20(16)27)25-14-9-5-3-7-12(14)22-19(25)17(15)24/h2-9H,1H3,(H,23,27,28). The van der Waals surface area contributed by atoms with Gasteiger partial charge in [0.25, 0.3) is 11.8 Å². The molecule has 5 aromatic rings. The number of benzene rings is 2. The number of hydrogen-bond acceptors (Lipinski definition) is 4. The Balaban J connectivity index is 2.07. The van der Waals surface area contributed by atoms with Gasteiger partial charge < -0.3 is 0 Å². The minimum Gasteiger partial charge on any atom is -0.287 e. The number of nitrogens with zero attached hydrogens (tertiary/aromatic N) is 3. The highest BCUT2D eigenvalue weighted by atomic mass is 16.2. The highest BCUT2D eigenvalue weighted by Crippen LogP contribution is 2.38. The first-order chi connectivity index (χ1) is 13.6. The van der Waals surface area contributed by atoms with Crippen LogP contribution in [-0.4, -0.2) is 31.7 Å². The van der Waals surface area contributed by atoms with Crippen LogP contribution in [0.1, 0.15) is 32.6 Å². The third kappa shape index (κ3) is 1.59. The number of amides is 2. The molecule has 7 nitrogen and oxygen atoms in total. The molecule has 0 fully saturated rings. The average Bonchev–Trinajstić information content (AvgIpc) is 3.31. The van der Waals surface area contributed by atoms with E-state index in [1.165, 1.54) is 6.92 Å². The lowest BCUT2D eigenvalue weighted by Crippen LogP contribution is -2.20. The molecule has 0 unspecified atom stereocenters. The van der Waals surface area contributed by atoms with Crippen LogP contribution in [0.4, 0.5) is 0 Å². The molecule has 0 saturated heterocycles. The number of aromatic nitrogens is 3. The summed E-state index contributed by atoms with van der Waals surface area (Å²) in [4.78, 5) is 42.8. The summed E-state index contributed by atoms with van der Waals surface area (Å²) in [6.07, 6.45) is 0. The molecule has 3 aromatic heterocycles. The van der Waals surface area contributed by atoms with E-state index >= 15 is 0 Å². The summed E-state index contributed by atoms with van der Waals surface area (Å²) in [7, 11) is 0. The summed E-state index contributed by atoms with van der Waals surface area (Å²) in [5.41, 5.74) is 3.63. The van der Waals surface area contributed by atoms with E-state index in [1.54, 1.807) is 8.97 Å². The number of imidazole rings is 1. The number of para-hydroxylation sites is 3. The second-order valence-corrected chi connectivity index (χ2v) is 6.86. The van der Waals surface area contributed by atoms with Gasteiger partial charge in [-0.2, -0.15) is 0 Å². The van der Waals surface area contributed by atoms with Gasteiger partial charge in [0.1, 0.15) is 11.2 Å². The molecule has 134 valence electrons. The highest BCUT2D eigenvalue weighted by molar-refractivity contribution is 6.32. The van der Waals surface area contributed by atoms with E-state index < -0.39 is 11.8 Å². The number of imide groups is 1. The van der Waals surface area contributed by atoms with E-state index in [0.29, 0.717) is 33.1 Å².